The summed E-state index contributed by atoms with van der Waals surface area (Å²) in [6.45, 7) is 3.34. The van der Waals surface area contributed by atoms with E-state index in [9.17, 15) is 20.0 Å². The topological polar surface area (TPSA) is 124 Å². The Morgan fingerprint density at radius 1 is 1.13 bits per heavy atom. The van der Waals surface area contributed by atoms with Crippen LogP contribution in [-0.4, -0.2) is 21.9 Å². The molecule has 4 aromatic rings. The molecule has 2 amide bonds. The van der Waals surface area contributed by atoms with Gasteiger partial charge in [0, 0.05) is 28.8 Å². The summed E-state index contributed by atoms with van der Waals surface area (Å²) in [7, 11) is 0. The van der Waals surface area contributed by atoms with Gasteiger partial charge in [-0.25, -0.2) is 4.98 Å². The molecule has 0 unspecified atom stereocenters. The molecule has 9 heteroatoms. The summed E-state index contributed by atoms with van der Waals surface area (Å²) in [5.41, 5.74) is 2.26. The van der Waals surface area contributed by atoms with Crippen molar-refractivity contribution in [2.75, 3.05) is 10.6 Å². The standard InChI is InChI=1S/C29H26N4O4S/c1-29(2,16-30)19-6-3-5-18(13-19)27(36)31-20-7-4-8-21(14-20)37-24-12-11-23-25(22(24)15-34)38-28(32-23)33-26(35)17-9-10-17/h3-8,11-14,17,34H,9-10,15H2,1-2H3,(H,31,36)(H,32,33,35). The molecule has 192 valence electrons. The maximum Gasteiger partial charge on any atom is 0.255 e. The molecule has 3 N–H and O–H groups in total. The van der Waals surface area contributed by atoms with E-state index >= 15 is 0 Å². The zero-order valence-corrected chi connectivity index (χ0v) is 21.8. The van der Waals surface area contributed by atoms with E-state index in [1.54, 1.807) is 68.4 Å². The number of anilines is 2. The van der Waals surface area contributed by atoms with Crippen LogP contribution in [0.15, 0.2) is 60.7 Å². The zero-order valence-electron chi connectivity index (χ0n) is 20.9. The minimum atomic E-state index is -0.711. The number of aromatic nitrogens is 1. The molecule has 1 saturated carbocycles. The number of aliphatic hydroxyl groups is 1. The quantitative estimate of drug-likeness (QED) is 0.259. The molecule has 1 fully saturated rings. The third-order valence-electron chi connectivity index (χ3n) is 6.40. The minimum Gasteiger partial charge on any atom is -0.457 e. The number of nitrogens with zero attached hydrogens (tertiary/aromatic N) is 2. The Balaban J connectivity index is 1.34. The maximum atomic E-state index is 12.9. The number of nitrogens with one attached hydrogen (secondary N) is 2. The first-order valence-corrected chi connectivity index (χ1v) is 13.0. The van der Waals surface area contributed by atoms with E-state index in [1.807, 2.05) is 6.07 Å². The third kappa shape index (κ3) is 5.37. The number of nitriles is 1. The van der Waals surface area contributed by atoms with Crippen molar-refractivity contribution in [3.8, 4) is 17.6 Å². The average molecular weight is 527 g/mol. The first-order valence-electron chi connectivity index (χ1n) is 12.2. The van der Waals surface area contributed by atoms with Gasteiger partial charge in [-0.15, -0.1) is 0 Å². The molecule has 0 bridgehead atoms. The molecule has 3 aromatic carbocycles. The Labute approximate surface area is 223 Å². The highest BCUT2D eigenvalue weighted by Gasteiger charge is 2.30. The van der Waals surface area contributed by atoms with Gasteiger partial charge in [0.25, 0.3) is 5.91 Å². The predicted octanol–water partition coefficient (Wildman–Crippen LogP) is 5.98. The lowest BCUT2D eigenvalue weighted by Crippen LogP contribution is -2.17. The summed E-state index contributed by atoms with van der Waals surface area (Å²) in [5.74, 6) is 0.673. The van der Waals surface area contributed by atoms with Crippen LogP contribution >= 0.6 is 11.3 Å². The number of ether oxygens (including phenoxy) is 1. The van der Waals surface area contributed by atoms with Gasteiger partial charge in [0.2, 0.25) is 5.91 Å². The summed E-state index contributed by atoms with van der Waals surface area (Å²) in [5, 5.41) is 25.8. The summed E-state index contributed by atoms with van der Waals surface area (Å²) in [4.78, 5) is 29.5. The molecule has 1 aromatic heterocycles. The van der Waals surface area contributed by atoms with Gasteiger partial charge < -0.3 is 20.5 Å². The van der Waals surface area contributed by atoms with Crippen LogP contribution in [0.2, 0.25) is 0 Å². The Bertz CT molecular complexity index is 1580. The molecule has 0 radical (unpaired) electrons. The van der Waals surface area contributed by atoms with Crippen molar-refractivity contribution in [2.45, 2.75) is 38.7 Å². The van der Waals surface area contributed by atoms with Gasteiger partial charge in [-0.3, -0.25) is 9.59 Å². The number of hydrogen-bond donors (Lipinski definition) is 3. The van der Waals surface area contributed by atoms with Crippen LogP contribution < -0.4 is 15.4 Å². The van der Waals surface area contributed by atoms with Crippen LogP contribution in [0.3, 0.4) is 0 Å². The smallest absolute Gasteiger partial charge is 0.255 e. The third-order valence-corrected chi connectivity index (χ3v) is 7.45. The van der Waals surface area contributed by atoms with Crippen LogP contribution in [-0.2, 0) is 16.8 Å². The van der Waals surface area contributed by atoms with E-state index in [0.29, 0.717) is 39.0 Å². The fourth-order valence-corrected chi connectivity index (χ4v) is 4.96. The molecule has 1 aliphatic rings. The molecule has 38 heavy (non-hydrogen) atoms. The summed E-state index contributed by atoms with van der Waals surface area (Å²) < 4.78 is 6.83. The Kier molecular flexibility index (Phi) is 6.85. The lowest BCUT2D eigenvalue weighted by molar-refractivity contribution is -0.117. The van der Waals surface area contributed by atoms with Crippen LogP contribution in [0, 0.1) is 17.2 Å². The fourth-order valence-electron chi connectivity index (χ4n) is 3.96. The molecule has 0 spiro atoms. The van der Waals surface area contributed by atoms with E-state index in [2.05, 4.69) is 21.7 Å². The second kappa shape index (κ2) is 10.2. The van der Waals surface area contributed by atoms with Gasteiger partial charge >= 0.3 is 0 Å². The van der Waals surface area contributed by atoms with Crippen molar-refractivity contribution in [3.05, 3.63) is 77.4 Å². The Hall–Kier alpha value is -4.26. The van der Waals surface area contributed by atoms with E-state index in [4.69, 9.17) is 4.74 Å². The molecule has 0 aliphatic heterocycles. The Morgan fingerprint density at radius 2 is 1.92 bits per heavy atom. The van der Waals surface area contributed by atoms with Crippen molar-refractivity contribution in [2.24, 2.45) is 5.92 Å². The van der Waals surface area contributed by atoms with Crippen molar-refractivity contribution < 1.29 is 19.4 Å². The van der Waals surface area contributed by atoms with Crippen LogP contribution in [0.25, 0.3) is 10.2 Å². The van der Waals surface area contributed by atoms with Gasteiger partial charge in [0.1, 0.15) is 11.5 Å². The summed E-state index contributed by atoms with van der Waals surface area (Å²) >= 11 is 1.30. The lowest BCUT2D eigenvalue weighted by atomic mass is 9.85. The molecular weight excluding hydrogens is 500 g/mol. The predicted molar refractivity (Wildman–Crippen MR) is 146 cm³/mol. The fraction of sp³-hybridized carbons (Fsp3) is 0.241. The highest BCUT2D eigenvalue weighted by atomic mass is 32.1. The number of aliphatic hydroxyl groups excluding tert-OH is 1. The molecule has 5 rings (SSSR count). The molecule has 0 saturated heterocycles. The van der Waals surface area contributed by atoms with E-state index in [0.717, 1.165) is 23.1 Å². The highest BCUT2D eigenvalue weighted by Crippen LogP contribution is 2.38. The number of hydrogen-bond acceptors (Lipinski definition) is 7. The minimum absolute atomic E-state index is 0.0227. The number of amides is 2. The number of benzene rings is 3. The van der Waals surface area contributed by atoms with Crippen molar-refractivity contribution in [1.82, 2.24) is 4.98 Å². The Morgan fingerprint density at radius 3 is 2.66 bits per heavy atom. The van der Waals surface area contributed by atoms with Crippen molar-refractivity contribution in [3.63, 3.8) is 0 Å². The number of carbonyl (C=O) groups excluding carboxylic acids is 2. The summed E-state index contributed by atoms with van der Waals surface area (Å²) in [6, 6.07) is 19.7. The van der Waals surface area contributed by atoms with Crippen LogP contribution in [0.1, 0.15) is 48.2 Å². The largest absolute Gasteiger partial charge is 0.457 e. The van der Waals surface area contributed by atoms with Gasteiger partial charge in [0.15, 0.2) is 5.13 Å². The number of fused-ring (bicyclic) bond motifs is 1. The lowest BCUT2D eigenvalue weighted by Gasteiger charge is -2.16. The van der Waals surface area contributed by atoms with Gasteiger partial charge in [-0.05, 0) is 68.7 Å². The van der Waals surface area contributed by atoms with Crippen molar-refractivity contribution in [1.29, 1.82) is 5.26 Å². The number of rotatable bonds is 8. The second-order valence-electron chi connectivity index (χ2n) is 9.73. The maximum absolute atomic E-state index is 12.9. The summed E-state index contributed by atoms with van der Waals surface area (Å²) in [6.07, 6.45) is 1.81. The molecule has 1 heterocycles. The van der Waals surface area contributed by atoms with Crippen LogP contribution in [0.5, 0.6) is 11.5 Å². The van der Waals surface area contributed by atoms with Gasteiger partial charge in [-0.1, -0.05) is 29.5 Å². The molecule has 1 aliphatic carbocycles. The van der Waals surface area contributed by atoms with Crippen LogP contribution in [0.4, 0.5) is 10.8 Å². The second-order valence-corrected chi connectivity index (χ2v) is 10.7. The van der Waals surface area contributed by atoms with Crippen molar-refractivity contribution >= 4 is 44.2 Å². The van der Waals surface area contributed by atoms with E-state index in [1.165, 1.54) is 11.3 Å². The molecule has 8 nitrogen and oxygen atoms in total. The molecule has 0 atom stereocenters. The number of thiazole rings is 1. The first-order chi connectivity index (χ1) is 18.3. The monoisotopic (exact) mass is 526 g/mol. The van der Waals surface area contributed by atoms with Gasteiger partial charge in [0.05, 0.1) is 28.3 Å². The SMILES string of the molecule is CC(C)(C#N)c1cccc(C(=O)Nc2cccc(Oc3ccc4nc(NC(=O)C5CC5)sc4c3CO)c2)c1. The van der Waals surface area contributed by atoms with E-state index < -0.39 is 5.41 Å². The van der Waals surface area contributed by atoms with Gasteiger partial charge in [-0.2, -0.15) is 5.26 Å². The molecular formula is C29H26N4O4S. The highest BCUT2D eigenvalue weighted by molar-refractivity contribution is 7.22. The van der Waals surface area contributed by atoms with E-state index in [-0.39, 0.29) is 24.3 Å². The zero-order chi connectivity index (χ0) is 26.9. The average Bonchev–Trinajstić information content (AvgIpc) is 3.69. The first kappa shape index (κ1) is 25.4. The normalized spacial score (nSPS) is 13.1. The number of carbonyl (C=O) groups is 2.